The minimum absolute atomic E-state index is 0.176. The van der Waals surface area contributed by atoms with Crippen LogP contribution in [0.4, 0.5) is 5.82 Å². The Bertz CT molecular complexity index is 496. The molecule has 2 heterocycles. The average Bonchev–Trinajstić information content (AvgIpc) is 2.93. The second kappa shape index (κ2) is 6.33. The smallest absolute Gasteiger partial charge is 0.129 e. The first-order valence-corrected chi connectivity index (χ1v) is 6.45. The van der Waals surface area contributed by atoms with E-state index in [1.165, 1.54) is 0 Å². The largest absolute Gasteiger partial charge is 0.468 e. The van der Waals surface area contributed by atoms with Crippen LogP contribution in [0.2, 0.25) is 0 Å². The van der Waals surface area contributed by atoms with Gasteiger partial charge in [0.25, 0.3) is 0 Å². The number of anilines is 1. The molecular weight excluding hydrogens is 240 g/mol. The summed E-state index contributed by atoms with van der Waals surface area (Å²) in [6, 6.07) is 6.06. The Balaban J connectivity index is 2.02. The molecule has 0 fully saturated rings. The van der Waals surface area contributed by atoms with Gasteiger partial charge in [-0.1, -0.05) is 6.92 Å². The van der Waals surface area contributed by atoms with E-state index in [9.17, 15) is 0 Å². The number of nitrogens with zero attached hydrogens (tertiary/aromatic N) is 3. The molecule has 0 amide bonds. The monoisotopic (exact) mass is 260 g/mol. The van der Waals surface area contributed by atoms with Gasteiger partial charge in [-0.2, -0.15) is 0 Å². The van der Waals surface area contributed by atoms with E-state index in [1.54, 1.807) is 12.6 Å². The lowest BCUT2D eigenvalue weighted by molar-refractivity contribution is 0.269. The summed E-state index contributed by atoms with van der Waals surface area (Å²) in [6.07, 6.45) is 4.21. The van der Waals surface area contributed by atoms with Crippen LogP contribution in [0.1, 0.15) is 24.4 Å². The van der Waals surface area contributed by atoms with Gasteiger partial charge in [-0.15, -0.1) is 0 Å². The SMILES string of the molecule is CCc1cc(NCC(c2ccco2)N(C)C)ncn1. The molecule has 2 aromatic heterocycles. The van der Waals surface area contributed by atoms with E-state index in [2.05, 4.69) is 27.1 Å². The highest BCUT2D eigenvalue weighted by atomic mass is 16.3. The van der Waals surface area contributed by atoms with Crippen molar-refractivity contribution in [2.45, 2.75) is 19.4 Å². The number of rotatable bonds is 6. The van der Waals surface area contributed by atoms with Crippen LogP contribution in [-0.2, 0) is 6.42 Å². The Morgan fingerprint density at radius 1 is 1.37 bits per heavy atom. The fraction of sp³-hybridized carbons (Fsp3) is 0.429. The van der Waals surface area contributed by atoms with Crippen molar-refractivity contribution in [2.75, 3.05) is 26.0 Å². The molecule has 5 nitrogen and oxygen atoms in total. The average molecular weight is 260 g/mol. The van der Waals surface area contributed by atoms with Crippen LogP contribution >= 0.6 is 0 Å². The molecule has 0 radical (unpaired) electrons. The number of furan rings is 1. The summed E-state index contributed by atoms with van der Waals surface area (Å²) in [7, 11) is 4.07. The summed E-state index contributed by atoms with van der Waals surface area (Å²) in [5.41, 5.74) is 1.04. The van der Waals surface area contributed by atoms with Crippen molar-refractivity contribution in [3.63, 3.8) is 0 Å². The van der Waals surface area contributed by atoms with Crippen molar-refractivity contribution in [1.82, 2.24) is 14.9 Å². The zero-order chi connectivity index (χ0) is 13.7. The summed E-state index contributed by atoms with van der Waals surface area (Å²) in [6.45, 7) is 2.82. The van der Waals surface area contributed by atoms with Gasteiger partial charge in [-0.3, -0.25) is 4.90 Å². The van der Waals surface area contributed by atoms with Gasteiger partial charge in [-0.25, -0.2) is 9.97 Å². The lowest BCUT2D eigenvalue weighted by Crippen LogP contribution is -2.26. The Kier molecular flexibility index (Phi) is 4.52. The van der Waals surface area contributed by atoms with Gasteiger partial charge >= 0.3 is 0 Å². The fourth-order valence-electron chi connectivity index (χ4n) is 1.91. The fourth-order valence-corrected chi connectivity index (χ4v) is 1.91. The van der Waals surface area contributed by atoms with Crippen molar-refractivity contribution in [1.29, 1.82) is 0 Å². The van der Waals surface area contributed by atoms with E-state index in [1.807, 2.05) is 32.3 Å². The van der Waals surface area contributed by atoms with Crippen LogP contribution in [0.25, 0.3) is 0 Å². The minimum Gasteiger partial charge on any atom is -0.468 e. The Morgan fingerprint density at radius 2 is 2.21 bits per heavy atom. The normalized spacial score (nSPS) is 12.6. The predicted molar refractivity (Wildman–Crippen MR) is 75.0 cm³/mol. The second-order valence-corrected chi connectivity index (χ2v) is 4.62. The molecule has 0 aliphatic rings. The highest BCUT2D eigenvalue weighted by molar-refractivity contribution is 5.35. The van der Waals surface area contributed by atoms with Gasteiger partial charge in [0.05, 0.1) is 12.3 Å². The summed E-state index contributed by atoms with van der Waals surface area (Å²) in [4.78, 5) is 10.5. The first-order chi connectivity index (χ1) is 9.20. The Morgan fingerprint density at radius 3 is 2.84 bits per heavy atom. The molecule has 2 aromatic rings. The molecule has 19 heavy (non-hydrogen) atoms. The van der Waals surface area contributed by atoms with Gasteiger partial charge in [0.2, 0.25) is 0 Å². The standard InChI is InChI=1S/C14H20N4O/c1-4-11-8-14(17-10-16-11)15-9-12(18(2)3)13-6-5-7-19-13/h5-8,10,12H,4,9H2,1-3H3,(H,15,16,17). The predicted octanol–water partition coefficient (Wildman–Crippen LogP) is 2.35. The summed E-state index contributed by atoms with van der Waals surface area (Å²) >= 11 is 0. The van der Waals surface area contributed by atoms with Crippen molar-refractivity contribution in [3.8, 4) is 0 Å². The quantitative estimate of drug-likeness (QED) is 0.864. The molecule has 0 aliphatic heterocycles. The molecule has 5 heteroatoms. The van der Waals surface area contributed by atoms with Crippen molar-refractivity contribution in [3.05, 3.63) is 42.2 Å². The lowest BCUT2D eigenvalue weighted by Gasteiger charge is -2.22. The number of nitrogens with one attached hydrogen (secondary N) is 1. The van der Waals surface area contributed by atoms with Crippen LogP contribution in [0, 0.1) is 0 Å². The van der Waals surface area contributed by atoms with E-state index in [-0.39, 0.29) is 6.04 Å². The molecule has 2 rings (SSSR count). The molecule has 102 valence electrons. The third-order valence-corrected chi connectivity index (χ3v) is 3.06. The third-order valence-electron chi connectivity index (χ3n) is 3.06. The zero-order valence-electron chi connectivity index (χ0n) is 11.6. The van der Waals surface area contributed by atoms with E-state index in [0.29, 0.717) is 0 Å². The first kappa shape index (κ1) is 13.5. The van der Waals surface area contributed by atoms with Crippen LogP contribution in [-0.4, -0.2) is 35.5 Å². The number of aryl methyl sites for hydroxylation is 1. The molecule has 0 aromatic carbocycles. The second-order valence-electron chi connectivity index (χ2n) is 4.62. The van der Waals surface area contributed by atoms with E-state index < -0.39 is 0 Å². The van der Waals surface area contributed by atoms with Crippen molar-refractivity contribution < 1.29 is 4.42 Å². The molecule has 0 saturated carbocycles. The number of aromatic nitrogens is 2. The highest BCUT2D eigenvalue weighted by Crippen LogP contribution is 2.19. The molecule has 1 unspecified atom stereocenters. The Labute approximate surface area is 113 Å². The molecule has 0 spiro atoms. The molecule has 0 saturated heterocycles. The molecule has 0 aliphatic carbocycles. The first-order valence-electron chi connectivity index (χ1n) is 6.45. The lowest BCUT2D eigenvalue weighted by atomic mass is 10.2. The maximum Gasteiger partial charge on any atom is 0.129 e. The van der Waals surface area contributed by atoms with Crippen LogP contribution in [0.3, 0.4) is 0 Å². The van der Waals surface area contributed by atoms with Gasteiger partial charge in [0, 0.05) is 18.3 Å². The number of hydrogen-bond acceptors (Lipinski definition) is 5. The summed E-state index contributed by atoms with van der Waals surface area (Å²) in [5, 5.41) is 3.34. The summed E-state index contributed by atoms with van der Waals surface area (Å²) < 4.78 is 5.48. The molecular formula is C14H20N4O. The molecule has 0 bridgehead atoms. The number of likely N-dealkylation sites (N-methyl/N-ethyl adjacent to an activating group) is 1. The summed E-state index contributed by atoms with van der Waals surface area (Å²) in [5.74, 6) is 1.80. The van der Waals surface area contributed by atoms with Crippen LogP contribution < -0.4 is 5.32 Å². The Hall–Kier alpha value is -1.88. The number of hydrogen-bond donors (Lipinski definition) is 1. The molecule has 1 N–H and O–H groups in total. The van der Waals surface area contributed by atoms with Crippen LogP contribution in [0.15, 0.2) is 35.2 Å². The molecule has 1 atom stereocenters. The van der Waals surface area contributed by atoms with E-state index in [4.69, 9.17) is 4.42 Å². The maximum atomic E-state index is 5.48. The minimum atomic E-state index is 0.176. The van der Waals surface area contributed by atoms with E-state index >= 15 is 0 Å². The van der Waals surface area contributed by atoms with Crippen molar-refractivity contribution >= 4 is 5.82 Å². The van der Waals surface area contributed by atoms with Gasteiger partial charge in [0.1, 0.15) is 17.9 Å². The van der Waals surface area contributed by atoms with Crippen LogP contribution in [0.5, 0.6) is 0 Å². The highest BCUT2D eigenvalue weighted by Gasteiger charge is 2.16. The van der Waals surface area contributed by atoms with Gasteiger partial charge < -0.3 is 9.73 Å². The van der Waals surface area contributed by atoms with E-state index in [0.717, 1.165) is 30.2 Å². The topological polar surface area (TPSA) is 54.2 Å². The van der Waals surface area contributed by atoms with Crippen molar-refractivity contribution in [2.24, 2.45) is 0 Å². The van der Waals surface area contributed by atoms with Gasteiger partial charge in [-0.05, 0) is 32.6 Å². The maximum absolute atomic E-state index is 5.48. The zero-order valence-corrected chi connectivity index (χ0v) is 11.6. The van der Waals surface area contributed by atoms with Gasteiger partial charge in [0.15, 0.2) is 0 Å². The third kappa shape index (κ3) is 3.54.